The molecular weight excluding hydrogens is 391 g/mol. The SMILES string of the molecule is Clc1ccc(CC(Br)c2ccc(Br)o2)cc1Cl. The highest BCUT2D eigenvalue weighted by atomic mass is 79.9. The largest absolute Gasteiger partial charge is 0.453 e. The van der Waals surface area contributed by atoms with E-state index >= 15 is 0 Å². The third kappa shape index (κ3) is 3.50. The molecule has 0 saturated carbocycles. The minimum atomic E-state index is 0.117. The van der Waals surface area contributed by atoms with Crippen LogP contribution in [0, 0.1) is 0 Å². The number of halogens is 4. The van der Waals surface area contributed by atoms with Gasteiger partial charge in [0.15, 0.2) is 4.67 Å². The first kappa shape index (κ1) is 13.5. The topological polar surface area (TPSA) is 13.1 Å². The lowest BCUT2D eigenvalue weighted by Crippen LogP contribution is -1.93. The molecule has 0 fully saturated rings. The first-order valence-electron chi connectivity index (χ1n) is 4.89. The normalized spacial score (nSPS) is 12.7. The summed E-state index contributed by atoms with van der Waals surface area (Å²) in [5.74, 6) is 0.878. The summed E-state index contributed by atoms with van der Waals surface area (Å²) in [7, 11) is 0. The Labute approximate surface area is 126 Å². The van der Waals surface area contributed by atoms with Gasteiger partial charge in [-0.1, -0.05) is 45.2 Å². The second-order valence-corrected chi connectivity index (χ2v) is 6.26. The summed E-state index contributed by atoms with van der Waals surface area (Å²) >= 11 is 18.7. The van der Waals surface area contributed by atoms with E-state index in [4.69, 9.17) is 27.6 Å². The molecule has 0 N–H and O–H groups in total. The van der Waals surface area contributed by atoms with Crippen LogP contribution < -0.4 is 0 Å². The number of benzene rings is 1. The van der Waals surface area contributed by atoms with E-state index in [0.29, 0.717) is 10.0 Å². The molecule has 1 aromatic heterocycles. The molecule has 1 unspecified atom stereocenters. The van der Waals surface area contributed by atoms with Crippen LogP contribution in [-0.2, 0) is 6.42 Å². The highest BCUT2D eigenvalue weighted by Crippen LogP contribution is 2.31. The fourth-order valence-corrected chi connectivity index (χ4v) is 2.73. The van der Waals surface area contributed by atoms with Crippen molar-refractivity contribution in [1.29, 1.82) is 0 Å². The quantitative estimate of drug-likeness (QED) is 0.575. The molecule has 90 valence electrons. The standard InChI is InChI=1S/C12H8Br2Cl2O/c13-8(11-3-4-12(14)17-11)5-7-1-2-9(15)10(16)6-7/h1-4,6,8H,5H2. The average molecular weight is 399 g/mol. The van der Waals surface area contributed by atoms with Gasteiger partial charge < -0.3 is 4.42 Å². The fraction of sp³-hybridized carbons (Fsp3) is 0.167. The van der Waals surface area contributed by atoms with Crippen LogP contribution >= 0.6 is 55.1 Å². The zero-order valence-electron chi connectivity index (χ0n) is 8.59. The summed E-state index contributed by atoms with van der Waals surface area (Å²) in [5.41, 5.74) is 1.11. The Bertz CT molecular complexity index is 525. The van der Waals surface area contributed by atoms with Gasteiger partial charge in [0.25, 0.3) is 0 Å². The minimum Gasteiger partial charge on any atom is -0.453 e. The lowest BCUT2D eigenvalue weighted by Gasteiger charge is -2.07. The predicted molar refractivity (Wildman–Crippen MR) is 78.2 cm³/mol. The van der Waals surface area contributed by atoms with Crippen molar-refractivity contribution < 1.29 is 4.42 Å². The van der Waals surface area contributed by atoms with Crippen LogP contribution in [0.1, 0.15) is 16.2 Å². The van der Waals surface area contributed by atoms with Gasteiger partial charge in [-0.3, -0.25) is 0 Å². The Kier molecular flexibility index (Phi) is 4.59. The van der Waals surface area contributed by atoms with E-state index in [1.165, 1.54) is 0 Å². The molecule has 0 aliphatic rings. The summed E-state index contributed by atoms with van der Waals surface area (Å²) in [6, 6.07) is 9.44. The maximum Gasteiger partial charge on any atom is 0.169 e. The Morgan fingerprint density at radius 3 is 2.47 bits per heavy atom. The Morgan fingerprint density at radius 2 is 1.88 bits per heavy atom. The molecule has 5 heteroatoms. The van der Waals surface area contributed by atoms with Gasteiger partial charge in [0.2, 0.25) is 0 Å². The van der Waals surface area contributed by atoms with Gasteiger partial charge in [-0.05, 0) is 52.2 Å². The molecule has 1 heterocycles. The Balaban J connectivity index is 2.12. The molecule has 0 aliphatic carbocycles. The maximum absolute atomic E-state index is 5.97. The van der Waals surface area contributed by atoms with Crippen LogP contribution in [0.2, 0.25) is 10.0 Å². The molecule has 0 amide bonds. The molecule has 1 atom stereocenters. The molecule has 1 aromatic carbocycles. The molecule has 2 aromatic rings. The maximum atomic E-state index is 5.97. The van der Waals surface area contributed by atoms with Crippen LogP contribution in [0.4, 0.5) is 0 Å². The highest BCUT2D eigenvalue weighted by molar-refractivity contribution is 9.10. The minimum absolute atomic E-state index is 0.117. The van der Waals surface area contributed by atoms with Crippen LogP contribution in [0.15, 0.2) is 39.4 Å². The van der Waals surface area contributed by atoms with E-state index in [0.717, 1.165) is 22.4 Å². The van der Waals surface area contributed by atoms with Gasteiger partial charge in [0.1, 0.15) is 5.76 Å². The summed E-state index contributed by atoms with van der Waals surface area (Å²) in [6.07, 6.45) is 0.789. The molecule has 17 heavy (non-hydrogen) atoms. The third-order valence-corrected chi connectivity index (χ3v) is 4.24. The number of hydrogen-bond acceptors (Lipinski definition) is 1. The van der Waals surface area contributed by atoms with Crippen LogP contribution in [0.3, 0.4) is 0 Å². The number of furan rings is 1. The van der Waals surface area contributed by atoms with Crippen LogP contribution in [0.5, 0.6) is 0 Å². The van der Waals surface area contributed by atoms with Crippen molar-refractivity contribution in [2.24, 2.45) is 0 Å². The lowest BCUT2D eigenvalue weighted by atomic mass is 10.1. The van der Waals surface area contributed by atoms with Gasteiger partial charge in [0, 0.05) is 0 Å². The monoisotopic (exact) mass is 396 g/mol. The summed E-state index contributed by atoms with van der Waals surface area (Å²) in [5, 5.41) is 1.15. The molecule has 1 nitrogen and oxygen atoms in total. The Hall–Kier alpha value is 0.0400. The van der Waals surface area contributed by atoms with E-state index in [1.807, 2.05) is 24.3 Å². The van der Waals surface area contributed by atoms with E-state index in [9.17, 15) is 0 Å². The van der Waals surface area contributed by atoms with Crippen molar-refractivity contribution >= 4 is 55.1 Å². The fourth-order valence-electron chi connectivity index (χ4n) is 1.47. The van der Waals surface area contributed by atoms with Crippen molar-refractivity contribution in [2.45, 2.75) is 11.2 Å². The van der Waals surface area contributed by atoms with Crippen molar-refractivity contribution in [3.63, 3.8) is 0 Å². The smallest absolute Gasteiger partial charge is 0.169 e. The van der Waals surface area contributed by atoms with Crippen molar-refractivity contribution in [3.8, 4) is 0 Å². The summed E-state index contributed by atoms with van der Waals surface area (Å²) in [4.78, 5) is 0.117. The third-order valence-electron chi connectivity index (χ3n) is 2.30. The first-order chi connectivity index (χ1) is 8.06. The van der Waals surface area contributed by atoms with Gasteiger partial charge >= 0.3 is 0 Å². The second-order valence-electron chi connectivity index (χ2n) is 3.56. The predicted octanol–water partition coefficient (Wildman–Crippen LogP) is 6.03. The number of hydrogen-bond donors (Lipinski definition) is 0. The number of rotatable bonds is 3. The van der Waals surface area contributed by atoms with E-state index in [1.54, 1.807) is 6.07 Å². The zero-order chi connectivity index (χ0) is 12.4. The molecule has 0 bridgehead atoms. The van der Waals surface area contributed by atoms with E-state index < -0.39 is 0 Å². The van der Waals surface area contributed by atoms with Crippen LogP contribution in [0.25, 0.3) is 0 Å². The van der Waals surface area contributed by atoms with E-state index in [-0.39, 0.29) is 4.83 Å². The summed E-state index contributed by atoms with van der Waals surface area (Å²) in [6.45, 7) is 0. The van der Waals surface area contributed by atoms with Gasteiger partial charge in [0.05, 0.1) is 14.9 Å². The van der Waals surface area contributed by atoms with Crippen molar-refractivity contribution in [3.05, 3.63) is 56.4 Å². The van der Waals surface area contributed by atoms with E-state index in [2.05, 4.69) is 31.9 Å². The molecule has 0 aliphatic heterocycles. The highest BCUT2D eigenvalue weighted by Gasteiger charge is 2.13. The average Bonchev–Trinajstić information content (AvgIpc) is 2.70. The molecule has 0 spiro atoms. The van der Waals surface area contributed by atoms with Gasteiger partial charge in [-0.25, -0.2) is 0 Å². The molecule has 2 rings (SSSR count). The Morgan fingerprint density at radius 1 is 1.12 bits per heavy atom. The zero-order valence-corrected chi connectivity index (χ0v) is 13.3. The van der Waals surface area contributed by atoms with Crippen molar-refractivity contribution in [1.82, 2.24) is 0 Å². The second kappa shape index (κ2) is 5.79. The lowest BCUT2D eigenvalue weighted by molar-refractivity contribution is 0.486. The first-order valence-corrected chi connectivity index (χ1v) is 7.36. The molecule has 0 saturated heterocycles. The van der Waals surface area contributed by atoms with Crippen molar-refractivity contribution in [2.75, 3.05) is 0 Å². The van der Waals surface area contributed by atoms with Crippen LogP contribution in [-0.4, -0.2) is 0 Å². The van der Waals surface area contributed by atoms with Gasteiger partial charge in [-0.15, -0.1) is 0 Å². The number of alkyl halides is 1. The molecular formula is C12H8Br2Cl2O. The molecule has 0 radical (unpaired) electrons. The van der Waals surface area contributed by atoms with Gasteiger partial charge in [-0.2, -0.15) is 0 Å². The summed E-state index contributed by atoms with van der Waals surface area (Å²) < 4.78 is 6.21.